The molecule has 0 bridgehead atoms. The van der Waals surface area contributed by atoms with Gasteiger partial charge in [0.2, 0.25) is 0 Å². The van der Waals surface area contributed by atoms with E-state index in [4.69, 9.17) is 5.73 Å². The van der Waals surface area contributed by atoms with Gasteiger partial charge in [0.25, 0.3) is 5.91 Å². The summed E-state index contributed by atoms with van der Waals surface area (Å²) in [5, 5.41) is 0.710. The van der Waals surface area contributed by atoms with E-state index in [1.54, 1.807) is 0 Å². The first-order valence-electron chi connectivity index (χ1n) is 8.59. The van der Waals surface area contributed by atoms with Crippen LogP contribution in [0.25, 0.3) is 22.2 Å². The van der Waals surface area contributed by atoms with Crippen LogP contribution in [0.1, 0.15) is 10.4 Å². The van der Waals surface area contributed by atoms with Gasteiger partial charge in [-0.2, -0.15) is 0 Å². The number of aromatic nitrogens is 1. The number of rotatable bonds is 4. The highest BCUT2D eigenvalue weighted by molar-refractivity contribution is 6.13. The lowest BCUT2D eigenvalue weighted by atomic mass is 10.0. The summed E-state index contributed by atoms with van der Waals surface area (Å²) in [6.07, 6.45) is 0. The number of hydrazine groups is 1. The van der Waals surface area contributed by atoms with E-state index in [1.165, 1.54) is 0 Å². The molecule has 4 N–H and O–H groups in total. The van der Waals surface area contributed by atoms with Crippen molar-refractivity contribution in [2.75, 3.05) is 11.2 Å². The number of nitrogens with one attached hydrogen (secondary N) is 2. The third kappa shape index (κ3) is 3.30. The molecule has 5 heteroatoms. The van der Waals surface area contributed by atoms with Gasteiger partial charge in [0.15, 0.2) is 0 Å². The topological polar surface area (TPSA) is 80.0 Å². The maximum absolute atomic E-state index is 13.0. The van der Waals surface area contributed by atoms with Crippen LogP contribution >= 0.6 is 0 Å². The first-order valence-corrected chi connectivity index (χ1v) is 8.59. The van der Waals surface area contributed by atoms with Gasteiger partial charge in [0, 0.05) is 10.9 Å². The molecule has 0 unspecified atom stereocenters. The summed E-state index contributed by atoms with van der Waals surface area (Å²) in [6.45, 7) is 0. The SMILES string of the molecule is Nc1c(-c2ccccc2)nc2ccccc2c1C(=O)NNc1ccccc1. The van der Waals surface area contributed by atoms with E-state index >= 15 is 0 Å². The zero-order valence-corrected chi connectivity index (χ0v) is 14.5. The maximum Gasteiger partial charge on any atom is 0.272 e. The first kappa shape index (κ1) is 16.6. The fourth-order valence-corrected chi connectivity index (χ4v) is 3.00. The van der Waals surface area contributed by atoms with Crippen LogP contribution in [0, 0.1) is 0 Å². The predicted molar refractivity (Wildman–Crippen MR) is 109 cm³/mol. The Balaban J connectivity index is 1.78. The van der Waals surface area contributed by atoms with Gasteiger partial charge in [-0.15, -0.1) is 0 Å². The van der Waals surface area contributed by atoms with Crippen LogP contribution in [0.3, 0.4) is 0 Å². The van der Waals surface area contributed by atoms with Crippen molar-refractivity contribution in [3.05, 3.63) is 90.5 Å². The number of nitrogens with zero attached hydrogens (tertiary/aromatic N) is 1. The minimum Gasteiger partial charge on any atom is -0.396 e. The number of carbonyl (C=O) groups is 1. The van der Waals surface area contributed by atoms with Crippen LogP contribution in [-0.2, 0) is 0 Å². The lowest BCUT2D eigenvalue weighted by molar-refractivity contribution is 0.0965. The molecule has 3 aromatic carbocycles. The molecule has 27 heavy (non-hydrogen) atoms. The minimum absolute atomic E-state index is 0.313. The fraction of sp³-hybridized carbons (Fsp3) is 0. The van der Waals surface area contributed by atoms with Gasteiger partial charge in [-0.05, 0) is 18.2 Å². The highest BCUT2D eigenvalue weighted by Crippen LogP contribution is 2.32. The van der Waals surface area contributed by atoms with E-state index in [2.05, 4.69) is 15.8 Å². The fourth-order valence-electron chi connectivity index (χ4n) is 3.00. The van der Waals surface area contributed by atoms with Gasteiger partial charge in [-0.3, -0.25) is 15.6 Å². The normalized spacial score (nSPS) is 10.5. The Hall–Kier alpha value is -3.86. The van der Waals surface area contributed by atoms with Gasteiger partial charge in [-0.25, -0.2) is 4.98 Å². The van der Waals surface area contributed by atoms with E-state index < -0.39 is 0 Å². The number of nitrogens with two attached hydrogens (primary N) is 1. The molecule has 1 heterocycles. The van der Waals surface area contributed by atoms with E-state index in [-0.39, 0.29) is 5.91 Å². The van der Waals surface area contributed by atoms with Gasteiger partial charge < -0.3 is 5.73 Å². The summed E-state index contributed by atoms with van der Waals surface area (Å²) in [5.41, 5.74) is 15.8. The van der Waals surface area contributed by atoms with E-state index in [9.17, 15) is 4.79 Å². The predicted octanol–water partition coefficient (Wildman–Crippen LogP) is 4.24. The van der Waals surface area contributed by atoms with Crippen LogP contribution in [0.2, 0.25) is 0 Å². The smallest absolute Gasteiger partial charge is 0.272 e. The number of para-hydroxylation sites is 2. The lowest BCUT2D eigenvalue weighted by Crippen LogP contribution is -2.30. The molecule has 132 valence electrons. The second-order valence-corrected chi connectivity index (χ2v) is 6.08. The van der Waals surface area contributed by atoms with E-state index in [1.807, 2.05) is 84.9 Å². The largest absolute Gasteiger partial charge is 0.396 e. The van der Waals surface area contributed by atoms with E-state index in [0.29, 0.717) is 22.3 Å². The summed E-state index contributed by atoms with van der Waals surface area (Å²) < 4.78 is 0. The number of fused-ring (bicyclic) bond motifs is 1. The zero-order valence-electron chi connectivity index (χ0n) is 14.5. The monoisotopic (exact) mass is 354 g/mol. The number of hydrogen-bond acceptors (Lipinski definition) is 4. The Kier molecular flexibility index (Phi) is 4.41. The number of benzene rings is 3. The van der Waals surface area contributed by atoms with Crippen molar-refractivity contribution in [3.8, 4) is 11.3 Å². The van der Waals surface area contributed by atoms with Crippen molar-refractivity contribution >= 4 is 28.2 Å². The number of amides is 1. The Bertz CT molecular complexity index is 1100. The maximum atomic E-state index is 13.0. The Morgan fingerprint density at radius 2 is 1.44 bits per heavy atom. The zero-order chi connectivity index (χ0) is 18.6. The summed E-state index contributed by atoms with van der Waals surface area (Å²) in [7, 11) is 0. The second kappa shape index (κ2) is 7.17. The average molecular weight is 354 g/mol. The summed E-state index contributed by atoms with van der Waals surface area (Å²) in [5.74, 6) is -0.313. The molecule has 0 fully saturated rings. The summed E-state index contributed by atoms with van der Waals surface area (Å²) in [4.78, 5) is 17.6. The van der Waals surface area contributed by atoms with Crippen molar-refractivity contribution in [2.24, 2.45) is 0 Å². The number of hydrogen-bond donors (Lipinski definition) is 3. The molecule has 0 aliphatic heterocycles. The van der Waals surface area contributed by atoms with Gasteiger partial charge in [0.05, 0.1) is 28.1 Å². The second-order valence-electron chi connectivity index (χ2n) is 6.08. The summed E-state index contributed by atoms with van der Waals surface area (Å²) >= 11 is 0. The van der Waals surface area contributed by atoms with Crippen LogP contribution < -0.4 is 16.6 Å². The number of anilines is 2. The lowest BCUT2D eigenvalue weighted by Gasteiger charge is -2.15. The molecule has 0 atom stereocenters. The molecule has 0 aliphatic carbocycles. The molecule has 4 rings (SSSR count). The number of nitrogen functional groups attached to an aromatic ring is 1. The molecule has 0 spiro atoms. The van der Waals surface area contributed by atoms with Crippen LogP contribution in [0.5, 0.6) is 0 Å². The molecule has 4 aromatic rings. The molecule has 0 saturated heterocycles. The van der Waals surface area contributed by atoms with E-state index in [0.717, 1.165) is 16.8 Å². The van der Waals surface area contributed by atoms with Crippen molar-refractivity contribution in [1.82, 2.24) is 10.4 Å². The molecule has 5 nitrogen and oxygen atoms in total. The Morgan fingerprint density at radius 1 is 0.815 bits per heavy atom. The molecule has 0 radical (unpaired) electrons. The van der Waals surface area contributed by atoms with Crippen LogP contribution in [0.15, 0.2) is 84.9 Å². The Morgan fingerprint density at radius 3 is 2.19 bits per heavy atom. The third-order valence-corrected chi connectivity index (χ3v) is 4.30. The third-order valence-electron chi connectivity index (χ3n) is 4.30. The number of carbonyl (C=O) groups excluding carboxylic acids is 1. The molecular weight excluding hydrogens is 336 g/mol. The van der Waals surface area contributed by atoms with Gasteiger partial charge in [0.1, 0.15) is 0 Å². The highest BCUT2D eigenvalue weighted by atomic mass is 16.2. The standard InChI is InChI=1S/C22H18N4O/c23-20-19(22(27)26-25-16-11-5-2-6-12-16)17-13-7-8-14-18(17)24-21(20)15-9-3-1-4-10-15/h1-14,25H,23H2,(H,26,27). The van der Waals surface area contributed by atoms with Crippen LogP contribution in [0.4, 0.5) is 11.4 Å². The van der Waals surface area contributed by atoms with Crippen molar-refractivity contribution < 1.29 is 4.79 Å². The van der Waals surface area contributed by atoms with Crippen molar-refractivity contribution in [1.29, 1.82) is 0 Å². The highest BCUT2D eigenvalue weighted by Gasteiger charge is 2.19. The van der Waals surface area contributed by atoms with Gasteiger partial charge in [-0.1, -0.05) is 66.7 Å². The molecule has 1 aromatic heterocycles. The minimum atomic E-state index is -0.313. The molecule has 0 aliphatic rings. The molecule has 1 amide bonds. The quantitative estimate of drug-likeness (QED) is 0.479. The van der Waals surface area contributed by atoms with Crippen molar-refractivity contribution in [2.45, 2.75) is 0 Å². The average Bonchev–Trinajstić information content (AvgIpc) is 2.73. The summed E-state index contributed by atoms with van der Waals surface area (Å²) in [6, 6.07) is 26.5. The van der Waals surface area contributed by atoms with Crippen molar-refractivity contribution in [3.63, 3.8) is 0 Å². The van der Waals surface area contributed by atoms with Crippen LogP contribution in [-0.4, -0.2) is 10.9 Å². The van der Waals surface area contributed by atoms with Gasteiger partial charge >= 0.3 is 0 Å². The molecular formula is C22H18N4O. The first-order chi connectivity index (χ1) is 13.2. The number of pyridine rings is 1. The molecule has 0 saturated carbocycles. The Labute approximate surface area is 156 Å².